The maximum Gasteiger partial charge on any atom is 0.260 e. The standard InChI is InChI=1S/C15H19Cl2NO2/c16-10-13-4-2-1-3-9-18(13)15(19)11-20-14-7-5-12(17)6-8-14/h5-8,13H,1-4,9-11H2. The third-order valence-corrected chi connectivity index (χ3v) is 4.16. The fourth-order valence-electron chi connectivity index (χ4n) is 2.42. The first-order chi connectivity index (χ1) is 9.70. The monoisotopic (exact) mass is 315 g/mol. The molecule has 0 aliphatic carbocycles. The van der Waals surface area contributed by atoms with Crippen LogP contribution in [0.15, 0.2) is 24.3 Å². The maximum atomic E-state index is 12.3. The van der Waals surface area contributed by atoms with Crippen LogP contribution in [0.4, 0.5) is 0 Å². The first kappa shape index (κ1) is 15.5. The molecular formula is C15H19Cl2NO2. The van der Waals surface area contributed by atoms with Gasteiger partial charge in [0.25, 0.3) is 5.91 Å². The van der Waals surface area contributed by atoms with Crippen molar-refractivity contribution in [3.8, 4) is 5.75 Å². The number of carbonyl (C=O) groups excluding carboxylic acids is 1. The average molecular weight is 316 g/mol. The lowest BCUT2D eigenvalue weighted by Crippen LogP contribution is -2.43. The van der Waals surface area contributed by atoms with Crippen LogP contribution in [-0.4, -0.2) is 35.9 Å². The van der Waals surface area contributed by atoms with Crippen molar-refractivity contribution in [1.82, 2.24) is 4.90 Å². The van der Waals surface area contributed by atoms with E-state index in [1.807, 2.05) is 4.90 Å². The fraction of sp³-hybridized carbons (Fsp3) is 0.533. The molecule has 0 N–H and O–H groups in total. The van der Waals surface area contributed by atoms with Crippen molar-refractivity contribution >= 4 is 29.1 Å². The molecule has 20 heavy (non-hydrogen) atoms. The summed E-state index contributed by atoms with van der Waals surface area (Å²) in [5.41, 5.74) is 0. The van der Waals surface area contributed by atoms with E-state index in [0.717, 1.165) is 32.2 Å². The van der Waals surface area contributed by atoms with Crippen molar-refractivity contribution in [2.45, 2.75) is 31.7 Å². The van der Waals surface area contributed by atoms with Gasteiger partial charge in [0.1, 0.15) is 5.75 Å². The van der Waals surface area contributed by atoms with Crippen molar-refractivity contribution in [1.29, 1.82) is 0 Å². The molecule has 110 valence electrons. The zero-order valence-corrected chi connectivity index (χ0v) is 12.9. The smallest absolute Gasteiger partial charge is 0.260 e. The molecule has 1 fully saturated rings. The van der Waals surface area contributed by atoms with Gasteiger partial charge >= 0.3 is 0 Å². The third kappa shape index (κ3) is 4.29. The van der Waals surface area contributed by atoms with Gasteiger partial charge in [0, 0.05) is 23.5 Å². The summed E-state index contributed by atoms with van der Waals surface area (Å²) in [6.45, 7) is 0.829. The molecule has 1 heterocycles. The van der Waals surface area contributed by atoms with Gasteiger partial charge < -0.3 is 9.64 Å². The lowest BCUT2D eigenvalue weighted by molar-refractivity contribution is -0.135. The second-order valence-electron chi connectivity index (χ2n) is 4.99. The van der Waals surface area contributed by atoms with Gasteiger partial charge in [0.2, 0.25) is 0 Å². The van der Waals surface area contributed by atoms with Gasteiger partial charge in [-0.2, -0.15) is 0 Å². The van der Waals surface area contributed by atoms with E-state index in [4.69, 9.17) is 27.9 Å². The largest absolute Gasteiger partial charge is 0.484 e. The molecule has 3 nitrogen and oxygen atoms in total. The van der Waals surface area contributed by atoms with Crippen LogP contribution in [0.2, 0.25) is 5.02 Å². The van der Waals surface area contributed by atoms with E-state index in [1.54, 1.807) is 24.3 Å². The number of likely N-dealkylation sites (tertiary alicyclic amines) is 1. The summed E-state index contributed by atoms with van der Waals surface area (Å²) in [5.74, 6) is 1.15. The molecule has 0 bridgehead atoms. The molecule has 1 aliphatic rings. The normalized spacial score (nSPS) is 19.5. The van der Waals surface area contributed by atoms with Crippen LogP contribution in [0.5, 0.6) is 5.75 Å². The second kappa shape index (κ2) is 7.75. The molecule has 0 radical (unpaired) electrons. The summed E-state index contributed by atoms with van der Waals surface area (Å²) >= 11 is 11.8. The van der Waals surface area contributed by atoms with E-state index < -0.39 is 0 Å². The SMILES string of the molecule is O=C(COc1ccc(Cl)cc1)N1CCCCCC1CCl. The van der Waals surface area contributed by atoms with Crippen LogP contribution in [0.3, 0.4) is 0 Å². The van der Waals surface area contributed by atoms with E-state index in [9.17, 15) is 4.79 Å². The minimum atomic E-state index is 0.00694. The predicted octanol–water partition coefficient (Wildman–Crippen LogP) is 3.73. The number of benzene rings is 1. The molecule has 2 rings (SSSR count). The Bertz CT molecular complexity index is 436. The summed E-state index contributed by atoms with van der Waals surface area (Å²) < 4.78 is 5.52. The van der Waals surface area contributed by atoms with Crippen LogP contribution in [0.1, 0.15) is 25.7 Å². The number of alkyl halides is 1. The lowest BCUT2D eigenvalue weighted by Gasteiger charge is -2.28. The van der Waals surface area contributed by atoms with Gasteiger partial charge in [0.05, 0.1) is 0 Å². The zero-order chi connectivity index (χ0) is 14.4. The quantitative estimate of drug-likeness (QED) is 0.792. The topological polar surface area (TPSA) is 29.5 Å². The maximum absolute atomic E-state index is 12.3. The number of hydrogen-bond acceptors (Lipinski definition) is 2. The molecule has 0 spiro atoms. The Balaban J connectivity index is 1.90. The molecule has 0 aromatic heterocycles. The predicted molar refractivity (Wildman–Crippen MR) is 81.6 cm³/mol. The van der Waals surface area contributed by atoms with Crippen molar-refractivity contribution in [3.05, 3.63) is 29.3 Å². The molecule has 1 atom stereocenters. The van der Waals surface area contributed by atoms with Crippen LogP contribution in [0.25, 0.3) is 0 Å². The summed E-state index contributed by atoms with van der Waals surface area (Å²) in [7, 11) is 0. The first-order valence-corrected chi connectivity index (χ1v) is 7.86. The Labute approximate surface area is 129 Å². The van der Waals surface area contributed by atoms with Crippen LogP contribution >= 0.6 is 23.2 Å². The Kier molecular flexibility index (Phi) is 5.99. The molecule has 1 unspecified atom stereocenters. The molecule has 1 aliphatic heterocycles. The highest BCUT2D eigenvalue weighted by Gasteiger charge is 2.24. The van der Waals surface area contributed by atoms with E-state index in [-0.39, 0.29) is 18.6 Å². The molecule has 1 saturated heterocycles. The first-order valence-electron chi connectivity index (χ1n) is 6.94. The second-order valence-corrected chi connectivity index (χ2v) is 5.73. The third-order valence-electron chi connectivity index (χ3n) is 3.55. The van der Waals surface area contributed by atoms with Gasteiger partial charge in [-0.3, -0.25) is 4.79 Å². The molecule has 0 saturated carbocycles. The van der Waals surface area contributed by atoms with Gasteiger partial charge in [-0.25, -0.2) is 0 Å². The van der Waals surface area contributed by atoms with Crippen molar-refractivity contribution in [2.24, 2.45) is 0 Å². The Morgan fingerprint density at radius 1 is 1.25 bits per heavy atom. The van der Waals surface area contributed by atoms with Crippen molar-refractivity contribution in [2.75, 3.05) is 19.0 Å². The minimum Gasteiger partial charge on any atom is -0.484 e. The van der Waals surface area contributed by atoms with Gasteiger partial charge in [0.15, 0.2) is 6.61 Å². The van der Waals surface area contributed by atoms with Crippen LogP contribution in [0, 0.1) is 0 Å². The number of rotatable bonds is 4. The van der Waals surface area contributed by atoms with Gasteiger partial charge in [-0.1, -0.05) is 24.4 Å². The Hall–Kier alpha value is -0.930. The summed E-state index contributed by atoms with van der Waals surface area (Å²) in [6.07, 6.45) is 4.32. The summed E-state index contributed by atoms with van der Waals surface area (Å²) in [5, 5.41) is 0.651. The molecular weight excluding hydrogens is 297 g/mol. The molecule has 1 aromatic rings. The van der Waals surface area contributed by atoms with E-state index in [0.29, 0.717) is 16.7 Å². The number of carbonyl (C=O) groups is 1. The number of halogens is 2. The fourth-order valence-corrected chi connectivity index (χ4v) is 2.87. The lowest BCUT2D eigenvalue weighted by atomic mass is 10.1. The number of hydrogen-bond donors (Lipinski definition) is 0. The van der Waals surface area contributed by atoms with Crippen LogP contribution < -0.4 is 4.74 Å². The molecule has 1 aromatic carbocycles. The van der Waals surface area contributed by atoms with E-state index in [1.165, 1.54) is 0 Å². The highest BCUT2D eigenvalue weighted by molar-refractivity contribution is 6.30. The highest BCUT2D eigenvalue weighted by Crippen LogP contribution is 2.19. The number of amides is 1. The zero-order valence-electron chi connectivity index (χ0n) is 11.4. The van der Waals surface area contributed by atoms with Gasteiger partial charge in [-0.15, -0.1) is 11.6 Å². The highest BCUT2D eigenvalue weighted by atomic mass is 35.5. The Morgan fingerprint density at radius 2 is 2.00 bits per heavy atom. The average Bonchev–Trinajstić information content (AvgIpc) is 2.71. The number of nitrogens with zero attached hydrogens (tertiary/aromatic N) is 1. The molecule has 5 heteroatoms. The van der Waals surface area contributed by atoms with Gasteiger partial charge in [-0.05, 0) is 37.1 Å². The Morgan fingerprint density at radius 3 is 2.70 bits per heavy atom. The van der Waals surface area contributed by atoms with Crippen LogP contribution in [-0.2, 0) is 4.79 Å². The minimum absolute atomic E-state index is 0.00694. The van der Waals surface area contributed by atoms with E-state index in [2.05, 4.69) is 0 Å². The van der Waals surface area contributed by atoms with Crippen molar-refractivity contribution < 1.29 is 9.53 Å². The number of ether oxygens (including phenoxy) is 1. The van der Waals surface area contributed by atoms with Crippen molar-refractivity contribution in [3.63, 3.8) is 0 Å². The molecule has 1 amide bonds. The van der Waals surface area contributed by atoms with E-state index >= 15 is 0 Å². The summed E-state index contributed by atoms with van der Waals surface area (Å²) in [6, 6.07) is 7.15. The summed E-state index contributed by atoms with van der Waals surface area (Å²) in [4.78, 5) is 14.1.